The molecule has 1 amide bonds. The highest BCUT2D eigenvalue weighted by Gasteiger charge is 2.09. The third-order valence-corrected chi connectivity index (χ3v) is 4.72. The van der Waals surface area contributed by atoms with Crippen molar-refractivity contribution in [1.29, 1.82) is 0 Å². The molecule has 0 fully saturated rings. The molecule has 5 nitrogen and oxygen atoms in total. The van der Waals surface area contributed by atoms with Gasteiger partial charge in [-0.25, -0.2) is 4.98 Å². The number of carbonyl (C=O) groups excluding carboxylic acids is 1. The van der Waals surface area contributed by atoms with Crippen molar-refractivity contribution in [1.82, 2.24) is 9.97 Å². The van der Waals surface area contributed by atoms with E-state index in [1.807, 2.05) is 44.3 Å². The monoisotopic (exact) mass is 380 g/mol. The molecule has 138 valence electrons. The number of anilines is 2. The Morgan fingerprint density at radius 2 is 1.93 bits per heavy atom. The van der Waals surface area contributed by atoms with E-state index < -0.39 is 0 Å². The molecule has 0 radical (unpaired) electrons. The standard InChI is InChI=1S/C21H21ClN4O/c1-15-3-5-18(13-19(15)22)25-21(27)17-4-6-20(24-14-17)26(2)12-9-16-7-10-23-11-8-16/h3-8,10-11,13-14H,9,12H2,1-2H3,(H,25,27). The maximum absolute atomic E-state index is 12.4. The normalized spacial score (nSPS) is 10.5. The van der Waals surface area contributed by atoms with Crippen LogP contribution in [0.3, 0.4) is 0 Å². The van der Waals surface area contributed by atoms with E-state index in [1.54, 1.807) is 30.7 Å². The second kappa shape index (κ2) is 8.64. The fourth-order valence-corrected chi connectivity index (χ4v) is 2.76. The highest BCUT2D eigenvalue weighted by Crippen LogP contribution is 2.20. The van der Waals surface area contributed by atoms with Crippen molar-refractivity contribution < 1.29 is 4.79 Å². The lowest BCUT2D eigenvalue weighted by molar-refractivity contribution is 0.102. The number of hydrogen-bond acceptors (Lipinski definition) is 4. The van der Waals surface area contributed by atoms with E-state index in [-0.39, 0.29) is 5.91 Å². The second-order valence-corrected chi connectivity index (χ2v) is 6.76. The van der Waals surface area contributed by atoms with E-state index in [1.165, 1.54) is 5.56 Å². The summed E-state index contributed by atoms with van der Waals surface area (Å²) in [7, 11) is 1.98. The van der Waals surface area contributed by atoms with E-state index in [0.717, 1.165) is 24.3 Å². The molecule has 0 aliphatic carbocycles. The van der Waals surface area contributed by atoms with Crippen LogP contribution in [0.25, 0.3) is 0 Å². The number of carbonyl (C=O) groups is 1. The summed E-state index contributed by atoms with van der Waals surface area (Å²) in [6.45, 7) is 2.74. The number of nitrogens with one attached hydrogen (secondary N) is 1. The first-order valence-corrected chi connectivity index (χ1v) is 9.04. The number of aryl methyl sites for hydroxylation is 1. The third kappa shape index (κ3) is 5.05. The fourth-order valence-electron chi connectivity index (χ4n) is 2.58. The molecule has 0 saturated heterocycles. The van der Waals surface area contributed by atoms with Crippen molar-refractivity contribution in [3.8, 4) is 0 Å². The number of halogens is 1. The van der Waals surface area contributed by atoms with Gasteiger partial charge >= 0.3 is 0 Å². The second-order valence-electron chi connectivity index (χ2n) is 6.35. The molecule has 0 saturated carbocycles. The topological polar surface area (TPSA) is 58.1 Å². The van der Waals surface area contributed by atoms with Gasteiger partial charge in [0.2, 0.25) is 0 Å². The van der Waals surface area contributed by atoms with Crippen LogP contribution in [0.15, 0.2) is 61.1 Å². The van der Waals surface area contributed by atoms with Gasteiger partial charge in [-0.1, -0.05) is 17.7 Å². The Morgan fingerprint density at radius 3 is 2.59 bits per heavy atom. The first-order valence-electron chi connectivity index (χ1n) is 8.66. The van der Waals surface area contributed by atoms with Gasteiger partial charge in [0.25, 0.3) is 5.91 Å². The largest absolute Gasteiger partial charge is 0.359 e. The molecule has 0 aliphatic rings. The van der Waals surface area contributed by atoms with Crippen LogP contribution in [-0.2, 0) is 6.42 Å². The zero-order chi connectivity index (χ0) is 19.2. The Bertz CT molecular complexity index is 913. The quantitative estimate of drug-likeness (QED) is 0.689. The van der Waals surface area contributed by atoms with Gasteiger partial charge < -0.3 is 10.2 Å². The van der Waals surface area contributed by atoms with Crippen molar-refractivity contribution in [2.24, 2.45) is 0 Å². The molecule has 1 aromatic carbocycles. The SMILES string of the molecule is Cc1ccc(NC(=O)c2ccc(N(C)CCc3ccncc3)nc2)cc1Cl. The van der Waals surface area contributed by atoms with E-state index >= 15 is 0 Å². The van der Waals surface area contributed by atoms with Crippen molar-refractivity contribution in [2.75, 3.05) is 23.8 Å². The minimum Gasteiger partial charge on any atom is -0.359 e. The molecule has 0 aliphatic heterocycles. The number of aromatic nitrogens is 2. The molecule has 1 N–H and O–H groups in total. The molecule has 3 aromatic rings. The van der Waals surface area contributed by atoms with Gasteiger partial charge in [-0.3, -0.25) is 9.78 Å². The molecule has 2 heterocycles. The average Bonchev–Trinajstić information content (AvgIpc) is 2.70. The zero-order valence-electron chi connectivity index (χ0n) is 15.3. The Kier molecular flexibility index (Phi) is 6.04. The van der Waals surface area contributed by atoms with Crippen LogP contribution in [0.4, 0.5) is 11.5 Å². The smallest absolute Gasteiger partial charge is 0.257 e. The third-order valence-electron chi connectivity index (χ3n) is 4.32. The molecule has 0 spiro atoms. The first-order chi connectivity index (χ1) is 13.0. The number of likely N-dealkylation sites (N-methyl/N-ethyl adjacent to an activating group) is 1. The number of nitrogens with zero attached hydrogens (tertiary/aromatic N) is 3. The van der Waals surface area contributed by atoms with Gasteiger partial charge in [0.15, 0.2) is 0 Å². The van der Waals surface area contributed by atoms with Crippen molar-refractivity contribution in [3.63, 3.8) is 0 Å². The summed E-state index contributed by atoms with van der Waals surface area (Å²) in [4.78, 5) is 22.9. The van der Waals surface area contributed by atoms with Crippen molar-refractivity contribution in [3.05, 3.63) is 82.8 Å². The van der Waals surface area contributed by atoms with Gasteiger partial charge in [-0.2, -0.15) is 0 Å². The van der Waals surface area contributed by atoms with Crippen LogP contribution in [-0.4, -0.2) is 29.5 Å². The summed E-state index contributed by atoms with van der Waals surface area (Å²) in [5, 5.41) is 3.46. The molecule has 0 unspecified atom stereocenters. The first kappa shape index (κ1) is 18.9. The van der Waals surface area contributed by atoms with Crippen molar-refractivity contribution in [2.45, 2.75) is 13.3 Å². The van der Waals surface area contributed by atoms with Crippen LogP contribution in [0.1, 0.15) is 21.5 Å². The van der Waals surface area contributed by atoms with Crippen LogP contribution >= 0.6 is 11.6 Å². The number of rotatable bonds is 6. The molecular weight excluding hydrogens is 360 g/mol. The summed E-state index contributed by atoms with van der Waals surface area (Å²) < 4.78 is 0. The van der Waals surface area contributed by atoms with Crippen molar-refractivity contribution >= 4 is 29.0 Å². The van der Waals surface area contributed by atoms with Gasteiger partial charge in [-0.15, -0.1) is 0 Å². The molecule has 6 heteroatoms. The Morgan fingerprint density at radius 1 is 1.15 bits per heavy atom. The lowest BCUT2D eigenvalue weighted by Gasteiger charge is -2.18. The lowest BCUT2D eigenvalue weighted by Crippen LogP contribution is -2.21. The van der Waals surface area contributed by atoms with E-state index in [9.17, 15) is 4.79 Å². The summed E-state index contributed by atoms with van der Waals surface area (Å²) in [6.07, 6.45) is 6.07. The summed E-state index contributed by atoms with van der Waals surface area (Å²) in [6, 6.07) is 13.1. The highest BCUT2D eigenvalue weighted by atomic mass is 35.5. The lowest BCUT2D eigenvalue weighted by atomic mass is 10.2. The highest BCUT2D eigenvalue weighted by molar-refractivity contribution is 6.31. The van der Waals surface area contributed by atoms with E-state index in [2.05, 4.69) is 20.2 Å². The maximum Gasteiger partial charge on any atom is 0.257 e. The Labute approximate surface area is 164 Å². The van der Waals surface area contributed by atoms with Gasteiger partial charge in [0.05, 0.1) is 5.56 Å². The molecule has 0 bridgehead atoms. The Hall–Kier alpha value is -2.92. The minimum atomic E-state index is -0.214. The Balaban J connectivity index is 1.60. The van der Waals surface area contributed by atoms with Crippen LogP contribution < -0.4 is 10.2 Å². The predicted octanol–water partition coefficient (Wildman–Crippen LogP) is 4.37. The fraction of sp³-hybridized carbons (Fsp3) is 0.190. The predicted molar refractivity (Wildman–Crippen MR) is 110 cm³/mol. The summed E-state index contributed by atoms with van der Waals surface area (Å²) in [5.74, 6) is 0.604. The van der Waals surface area contributed by atoms with Gasteiger partial charge in [0.1, 0.15) is 5.82 Å². The van der Waals surface area contributed by atoms with Crippen LogP contribution in [0, 0.1) is 6.92 Å². The summed E-state index contributed by atoms with van der Waals surface area (Å²) >= 11 is 6.10. The van der Waals surface area contributed by atoms with E-state index in [4.69, 9.17) is 11.6 Å². The average molecular weight is 381 g/mol. The number of amides is 1. The van der Waals surface area contributed by atoms with Gasteiger partial charge in [-0.05, 0) is 60.9 Å². The molecule has 27 heavy (non-hydrogen) atoms. The van der Waals surface area contributed by atoms with Crippen LogP contribution in [0.5, 0.6) is 0 Å². The molecule has 2 aromatic heterocycles. The van der Waals surface area contributed by atoms with Crippen LogP contribution in [0.2, 0.25) is 5.02 Å². The zero-order valence-corrected chi connectivity index (χ0v) is 16.1. The minimum absolute atomic E-state index is 0.214. The molecular formula is C21H21ClN4O. The number of hydrogen-bond donors (Lipinski definition) is 1. The van der Waals surface area contributed by atoms with E-state index in [0.29, 0.717) is 16.3 Å². The summed E-state index contributed by atoms with van der Waals surface area (Å²) in [5.41, 5.74) is 3.35. The number of benzene rings is 1. The molecule has 3 rings (SSSR count). The number of pyridine rings is 2. The molecule has 0 atom stereocenters. The maximum atomic E-state index is 12.4. The van der Waals surface area contributed by atoms with Gasteiger partial charge in [0, 0.05) is 42.9 Å².